The number of halogens is 1. The van der Waals surface area contributed by atoms with E-state index in [1.807, 2.05) is 6.92 Å². The van der Waals surface area contributed by atoms with Gasteiger partial charge >= 0.3 is 5.97 Å². The molecule has 0 amide bonds. The van der Waals surface area contributed by atoms with Gasteiger partial charge < -0.3 is 14.4 Å². The number of methoxy groups -OCH3 is 1. The first-order valence-electron chi connectivity index (χ1n) is 6.11. The highest BCUT2D eigenvalue weighted by atomic mass is 19.1. The summed E-state index contributed by atoms with van der Waals surface area (Å²) in [7, 11) is 1.30. The molecule has 0 radical (unpaired) electrons. The Kier molecular flexibility index (Phi) is 4.26. The number of anilines is 1. The Labute approximate surface area is 110 Å². The minimum absolute atomic E-state index is 0.212. The minimum Gasteiger partial charge on any atom is -0.467 e. The van der Waals surface area contributed by atoms with E-state index in [1.54, 1.807) is 4.90 Å². The summed E-state index contributed by atoms with van der Waals surface area (Å²) < 4.78 is 24.1. The first kappa shape index (κ1) is 13.7. The molecule has 1 unspecified atom stereocenters. The van der Waals surface area contributed by atoms with Crippen LogP contribution in [0.15, 0.2) is 6.33 Å². The summed E-state index contributed by atoms with van der Waals surface area (Å²) in [5.41, 5.74) is 0.367. The van der Waals surface area contributed by atoms with Crippen LogP contribution in [0.25, 0.3) is 0 Å². The van der Waals surface area contributed by atoms with Gasteiger partial charge in [-0.15, -0.1) is 0 Å². The van der Waals surface area contributed by atoms with Crippen molar-refractivity contribution in [1.29, 1.82) is 0 Å². The number of aromatic nitrogens is 2. The summed E-state index contributed by atoms with van der Waals surface area (Å²) in [6.45, 7) is 2.85. The molecule has 1 fully saturated rings. The molecular formula is C12H16FN3O3. The van der Waals surface area contributed by atoms with Gasteiger partial charge in [0.15, 0.2) is 17.7 Å². The van der Waals surface area contributed by atoms with E-state index < -0.39 is 17.9 Å². The maximum Gasteiger partial charge on any atom is 0.336 e. The number of morpholine rings is 1. The quantitative estimate of drug-likeness (QED) is 0.747. The first-order chi connectivity index (χ1) is 9.17. The van der Waals surface area contributed by atoms with E-state index in [0.29, 0.717) is 25.3 Å². The van der Waals surface area contributed by atoms with Gasteiger partial charge in [-0.1, -0.05) is 6.92 Å². The van der Waals surface area contributed by atoms with E-state index in [0.717, 1.165) is 0 Å². The van der Waals surface area contributed by atoms with Crippen LogP contribution < -0.4 is 4.90 Å². The zero-order chi connectivity index (χ0) is 13.8. The predicted octanol–water partition coefficient (Wildman–Crippen LogP) is 0.556. The van der Waals surface area contributed by atoms with Crippen molar-refractivity contribution in [1.82, 2.24) is 9.97 Å². The molecule has 1 atom stereocenters. The Morgan fingerprint density at radius 1 is 1.63 bits per heavy atom. The van der Waals surface area contributed by atoms with Crippen LogP contribution in [0.4, 0.5) is 10.2 Å². The molecule has 0 bridgehead atoms. The van der Waals surface area contributed by atoms with Gasteiger partial charge in [0.2, 0.25) is 0 Å². The molecule has 6 nitrogen and oxygen atoms in total. The molecule has 1 saturated heterocycles. The van der Waals surface area contributed by atoms with Crippen molar-refractivity contribution in [2.24, 2.45) is 0 Å². The Hall–Kier alpha value is -1.76. The lowest BCUT2D eigenvalue weighted by atomic mass is 10.2. The number of esters is 1. The molecule has 0 aliphatic carbocycles. The highest BCUT2D eigenvalue weighted by Gasteiger charge is 2.29. The lowest BCUT2D eigenvalue weighted by Gasteiger charge is -2.32. The molecule has 1 aliphatic rings. The van der Waals surface area contributed by atoms with Crippen molar-refractivity contribution in [3.05, 3.63) is 17.8 Å². The van der Waals surface area contributed by atoms with E-state index in [1.165, 1.54) is 13.4 Å². The van der Waals surface area contributed by atoms with E-state index in [2.05, 4.69) is 14.7 Å². The van der Waals surface area contributed by atoms with Gasteiger partial charge in [-0.3, -0.25) is 0 Å². The zero-order valence-electron chi connectivity index (χ0n) is 10.9. The summed E-state index contributed by atoms with van der Waals surface area (Å²) >= 11 is 0. The molecule has 1 aliphatic heterocycles. The highest BCUT2D eigenvalue weighted by Crippen LogP contribution is 2.21. The van der Waals surface area contributed by atoms with Gasteiger partial charge in [-0.05, 0) is 6.42 Å². The third kappa shape index (κ3) is 2.81. The van der Waals surface area contributed by atoms with Crippen LogP contribution in [0, 0.1) is 5.82 Å². The topological polar surface area (TPSA) is 64.5 Å². The fraction of sp³-hybridized carbons (Fsp3) is 0.583. The summed E-state index contributed by atoms with van der Waals surface area (Å²) in [6.07, 6.45) is 1.12. The van der Waals surface area contributed by atoms with Crippen molar-refractivity contribution in [3.8, 4) is 0 Å². The minimum atomic E-state index is -0.710. The molecule has 1 aromatic rings. The standard InChI is InChI=1S/C12H16FN3O3/c1-3-8-10(13)11(15-7-14-8)16-4-5-19-9(6-16)12(17)18-2/h7,9H,3-6H2,1-2H3. The van der Waals surface area contributed by atoms with Crippen molar-refractivity contribution in [3.63, 3.8) is 0 Å². The summed E-state index contributed by atoms with van der Waals surface area (Å²) in [5.74, 6) is -0.686. The third-order valence-corrected chi connectivity index (χ3v) is 3.01. The van der Waals surface area contributed by atoms with Crippen LogP contribution >= 0.6 is 0 Å². The number of nitrogens with zero attached hydrogens (tertiary/aromatic N) is 3. The van der Waals surface area contributed by atoms with Gasteiger partial charge in [-0.25, -0.2) is 19.2 Å². The number of hydrogen-bond acceptors (Lipinski definition) is 6. The maximum atomic E-state index is 14.1. The average Bonchev–Trinajstić information content (AvgIpc) is 2.46. The van der Waals surface area contributed by atoms with E-state index in [9.17, 15) is 9.18 Å². The average molecular weight is 269 g/mol. The molecular weight excluding hydrogens is 253 g/mol. The number of rotatable bonds is 3. The van der Waals surface area contributed by atoms with Crippen LogP contribution in [0.3, 0.4) is 0 Å². The lowest BCUT2D eigenvalue weighted by molar-refractivity contribution is -0.154. The second-order valence-corrected chi connectivity index (χ2v) is 4.14. The largest absolute Gasteiger partial charge is 0.467 e. The Balaban J connectivity index is 2.20. The molecule has 0 saturated carbocycles. The number of ether oxygens (including phenoxy) is 2. The fourth-order valence-electron chi connectivity index (χ4n) is 1.98. The van der Waals surface area contributed by atoms with Gasteiger partial charge in [0.25, 0.3) is 0 Å². The van der Waals surface area contributed by atoms with Crippen molar-refractivity contribution >= 4 is 11.8 Å². The molecule has 2 heterocycles. The van der Waals surface area contributed by atoms with Crippen molar-refractivity contribution < 1.29 is 18.7 Å². The molecule has 0 aromatic carbocycles. The Morgan fingerprint density at radius 2 is 2.42 bits per heavy atom. The lowest BCUT2D eigenvalue weighted by Crippen LogP contribution is -2.47. The smallest absolute Gasteiger partial charge is 0.336 e. The van der Waals surface area contributed by atoms with Gasteiger partial charge in [0, 0.05) is 6.54 Å². The van der Waals surface area contributed by atoms with E-state index in [-0.39, 0.29) is 12.4 Å². The molecule has 0 spiro atoms. The van der Waals surface area contributed by atoms with Gasteiger partial charge in [0.05, 0.1) is 26.0 Å². The number of carbonyl (C=O) groups is 1. The summed E-state index contributed by atoms with van der Waals surface area (Å²) in [4.78, 5) is 21.0. The van der Waals surface area contributed by atoms with Crippen LogP contribution in [0.1, 0.15) is 12.6 Å². The molecule has 0 N–H and O–H groups in total. The number of aryl methyl sites for hydroxylation is 1. The SMILES string of the molecule is CCc1ncnc(N2CCOC(C(=O)OC)C2)c1F. The Morgan fingerprint density at radius 3 is 3.11 bits per heavy atom. The summed E-state index contributed by atoms with van der Waals surface area (Å²) in [6, 6.07) is 0. The molecule has 19 heavy (non-hydrogen) atoms. The van der Waals surface area contributed by atoms with Crippen LogP contribution in [0.2, 0.25) is 0 Å². The third-order valence-electron chi connectivity index (χ3n) is 3.01. The van der Waals surface area contributed by atoms with E-state index in [4.69, 9.17) is 4.74 Å². The normalized spacial score (nSPS) is 19.3. The monoisotopic (exact) mass is 269 g/mol. The summed E-state index contributed by atoms with van der Waals surface area (Å²) in [5, 5.41) is 0. The zero-order valence-corrected chi connectivity index (χ0v) is 10.9. The molecule has 2 rings (SSSR count). The predicted molar refractivity (Wildman–Crippen MR) is 65.3 cm³/mol. The fourth-order valence-corrected chi connectivity index (χ4v) is 1.98. The maximum absolute atomic E-state index is 14.1. The van der Waals surface area contributed by atoms with E-state index >= 15 is 0 Å². The van der Waals surface area contributed by atoms with Crippen molar-refractivity contribution in [2.45, 2.75) is 19.4 Å². The second-order valence-electron chi connectivity index (χ2n) is 4.14. The van der Waals surface area contributed by atoms with Crippen LogP contribution in [0.5, 0.6) is 0 Å². The van der Waals surface area contributed by atoms with Gasteiger partial charge in [-0.2, -0.15) is 0 Å². The number of carbonyl (C=O) groups excluding carboxylic acids is 1. The van der Waals surface area contributed by atoms with Crippen molar-refractivity contribution in [2.75, 3.05) is 31.7 Å². The Bertz CT molecular complexity index is 470. The number of hydrogen-bond donors (Lipinski definition) is 0. The molecule has 1 aromatic heterocycles. The molecule has 7 heteroatoms. The first-order valence-corrected chi connectivity index (χ1v) is 6.11. The highest BCUT2D eigenvalue weighted by molar-refractivity contribution is 5.75. The van der Waals surface area contributed by atoms with Crippen LogP contribution in [-0.2, 0) is 20.7 Å². The molecule has 104 valence electrons. The van der Waals surface area contributed by atoms with Gasteiger partial charge in [0.1, 0.15) is 6.33 Å². The van der Waals surface area contributed by atoms with Crippen LogP contribution in [-0.4, -0.2) is 48.8 Å². The second kappa shape index (κ2) is 5.92.